The van der Waals surface area contributed by atoms with Crippen molar-refractivity contribution in [2.45, 2.75) is 26.2 Å². The Balaban J connectivity index is 2.55. The first-order valence-electron chi connectivity index (χ1n) is 4.73. The Hall–Kier alpha value is -1.43. The highest BCUT2D eigenvalue weighted by atomic mass is 32.1. The largest absolute Gasteiger partial charge is 0.479 e. The van der Waals surface area contributed by atoms with Gasteiger partial charge in [0.2, 0.25) is 6.61 Å². The average Bonchev–Trinajstić information content (AvgIpc) is 2.59. The molecule has 6 heteroatoms. The molecule has 0 aromatic carbocycles. The van der Waals surface area contributed by atoms with E-state index >= 15 is 0 Å². The van der Waals surface area contributed by atoms with Crippen LogP contribution in [0, 0.1) is 0 Å². The number of rotatable bonds is 4. The summed E-state index contributed by atoms with van der Waals surface area (Å²) in [7, 11) is 0. The number of hydrogen-bond acceptors (Lipinski definition) is 5. The lowest BCUT2D eigenvalue weighted by Gasteiger charge is -2.13. The smallest absolute Gasteiger partial charge is 0.344 e. The summed E-state index contributed by atoms with van der Waals surface area (Å²) in [4.78, 5) is 19.0. The van der Waals surface area contributed by atoms with Crippen molar-refractivity contribution in [3.05, 3.63) is 16.1 Å². The van der Waals surface area contributed by atoms with Crippen LogP contribution in [-0.4, -0.2) is 28.9 Å². The summed E-state index contributed by atoms with van der Waals surface area (Å²) < 4.78 is 0. The highest BCUT2D eigenvalue weighted by Crippen LogP contribution is 2.24. The number of aromatic nitrogens is 1. The standard InChI is InChI=1S/C10H14N2O3S/c1-10(2,3)9-12-7(6-16-9)4-11-15-5-8(13)14/h4,6H,5H2,1-3H3,(H,13,14). The van der Waals surface area contributed by atoms with Gasteiger partial charge in [-0.3, -0.25) is 0 Å². The van der Waals surface area contributed by atoms with Crippen LogP contribution in [-0.2, 0) is 15.0 Å². The van der Waals surface area contributed by atoms with Crippen LogP contribution >= 0.6 is 11.3 Å². The van der Waals surface area contributed by atoms with Gasteiger partial charge in [0, 0.05) is 10.8 Å². The Kier molecular flexibility index (Phi) is 4.00. The zero-order chi connectivity index (χ0) is 12.2. The van der Waals surface area contributed by atoms with Crippen molar-refractivity contribution >= 4 is 23.5 Å². The molecule has 0 unspecified atom stereocenters. The van der Waals surface area contributed by atoms with Crippen LogP contribution < -0.4 is 0 Å². The minimum absolute atomic E-state index is 0.0126. The molecular weight excluding hydrogens is 228 g/mol. The maximum Gasteiger partial charge on any atom is 0.344 e. The molecule has 16 heavy (non-hydrogen) atoms. The SMILES string of the molecule is CC(C)(C)c1nc(C=NOCC(=O)O)cs1. The topological polar surface area (TPSA) is 71.8 Å². The summed E-state index contributed by atoms with van der Waals surface area (Å²) in [6, 6.07) is 0. The van der Waals surface area contributed by atoms with Gasteiger partial charge >= 0.3 is 5.97 Å². The number of aliphatic carboxylic acids is 1. The molecule has 0 atom stereocenters. The zero-order valence-corrected chi connectivity index (χ0v) is 10.2. The third-order valence-electron chi connectivity index (χ3n) is 1.61. The van der Waals surface area contributed by atoms with Crippen LogP contribution in [0.2, 0.25) is 0 Å². The fraction of sp³-hybridized carbons (Fsp3) is 0.500. The third-order valence-corrected chi connectivity index (χ3v) is 2.90. The summed E-state index contributed by atoms with van der Waals surface area (Å²) in [5, 5.41) is 14.7. The van der Waals surface area contributed by atoms with E-state index in [0.717, 1.165) is 5.01 Å². The Morgan fingerprint density at radius 1 is 1.69 bits per heavy atom. The Labute approximate surface area is 97.8 Å². The van der Waals surface area contributed by atoms with E-state index in [2.05, 4.69) is 35.7 Å². The van der Waals surface area contributed by atoms with Gasteiger partial charge in [-0.2, -0.15) is 0 Å². The molecule has 0 aliphatic carbocycles. The Morgan fingerprint density at radius 3 is 2.88 bits per heavy atom. The van der Waals surface area contributed by atoms with E-state index in [9.17, 15) is 4.79 Å². The second-order valence-electron chi connectivity index (χ2n) is 4.23. The lowest BCUT2D eigenvalue weighted by Crippen LogP contribution is -2.10. The van der Waals surface area contributed by atoms with E-state index in [0.29, 0.717) is 5.69 Å². The van der Waals surface area contributed by atoms with E-state index in [4.69, 9.17) is 5.11 Å². The molecule has 0 saturated carbocycles. The first-order valence-corrected chi connectivity index (χ1v) is 5.60. The van der Waals surface area contributed by atoms with E-state index in [1.807, 2.05) is 5.38 Å². The average molecular weight is 242 g/mol. The highest BCUT2D eigenvalue weighted by molar-refractivity contribution is 7.10. The van der Waals surface area contributed by atoms with E-state index in [-0.39, 0.29) is 5.41 Å². The molecule has 1 N–H and O–H groups in total. The van der Waals surface area contributed by atoms with Gasteiger partial charge in [0.05, 0.1) is 16.9 Å². The monoisotopic (exact) mass is 242 g/mol. The van der Waals surface area contributed by atoms with Crippen LogP contribution in [0.3, 0.4) is 0 Å². The van der Waals surface area contributed by atoms with Gasteiger partial charge in [0.1, 0.15) is 0 Å². The predicted molar refractivity (Wildman–Crippen MR) is 62.0 cm³/mol. The van der Waals surface area contributed by atoms with Gasteiger partial charge in [0.15, 0.2) is 0 Å². The first-order chi connectivity index (χ1) is 7.39. The number of carboxylic acid groups (broad SMARTS) is 1. The van der Waals surface area contributed by atoms with E-state index in [1.54, 1.807) is 11.3 Å². The summed E-state index contributed by atoms with van der Waals surface area (Å²) in [6.07, 6.45) is 1.41. The molecule has 1 aromatic heterocycles. The maximum atomic E-state index is 10.1. The van der Waals surface area contributed by atoms with Crippen molar-refractivity contribution in [2.24, 2.45) is 5.16 Å². The number of nitrogens with zero attached hydrogens (tertiary/aromatic N) is 2. The molecule has 1 rings (SSSR count). The molecule has 1 aromatic rings. The fourth-order valence-corrected chi connectivity index (χ4v) is 1.73. The maximum absolute atomic E-state index is 10.1. The second-order valence-corrected chi connectivity index (χ2v) is 5.09. The molecule has 0 bridgehead atoms. The molecule has 5 nitrogen and oxygen atoms in total. The molecule has 0 spiro atoms. The van der Waals surface area contributed by atoms with Crippen LogP contribution in [0.25, 0.3) is 0 Å². The molecule has 1 heterocycles. The summed E-state index contributed by atoms with van der Waals surface area (Å²) in [5.74, 6) is -1.05. The number of carbonyl (C=O) groups is 1. The first kappa shape index (κ1) is 12.6. The van der Waals surface area contributed by atoms with Crippen LogP contribution in [0.5, 0.6) is 0 Å². The lowest BCUT2D eigenvalue weighted by atomic mass is 9.98. The highest BCUT2D eigenvalue weighted by Gasteiger charge is 2.17. The van der Waals surface area contributed by atoms with E-state index < -0.39 is 12.6 Å². The molecule has 88 valence electrons. The van der Waals surface area contributed by atoms with Crippen molar-refractivity contribution in [1.82, 2.24) is 4.98 Å². The number of hydrogen-bond donors (Lipinski definition) is 1. The predicted octanol–water partition coefficient (Wildman–Crippen LogP) is 1.88. The van der Waals surface area contributed by atoms with Crippen LogP contribution in [0.15, 0.2) is 10.5 Å². The van der Waals surface area contributed by atoms with Gasteiger partial charge in [-0.15, -0.1) is 11.3 Å². The molecule has 0 radical (unpaired) electrons. The summed E-state index contributed by atoms with van der Waals surface area (Å²) in [5.41, 5.74) is 0.693. The molecule has 0 aliphatic rings. The van der Waals surface area contributed by atoms with Crippen molar-refractivity contribution in [3.8, 4) is 0 Å². The Morgan fingerprint density at radius 2 is 2.38 bits per heavy atom. The third kappa shape index (κ3) is 3.98. The minimum atomic E-state index is -1.05. The Bertz CT molecular complexity index is 393. The molecule has 0 fully saturated rings. The number of oxime groups is 1. The number of thiazole rings is 1. The zero-order valence-electron chi connectivity index (χ0n) is 9.43. The van der Waals surface area contributed by atoms with Gasteiger partial charge in [-0.05, 0) is 0 Å². The van der Waals surface area contributed by atoms with Gasteiger partial charge < -0.3 is 9.94 Å². The fourth-order valence-electron chi connectivity index (χ4n) is 0.874. The van der Waals surface area contributed by atoms with Crippen molar-refractivity contribution in [1.29, 1.82) is 0 Å². The molecular formula is C10H14N2O3S. The van der Waals surface area contributed by atoms with Crippen molar-refractivity contribution < 1.29 is 14.7 Å². The van der Waals surface area contributed by atoms with Gasteiger partial charge in [-0.1, -0.05) is 25.9 Å². The summed E-state index contributed by atoms with van der Waals surface area (Å²) >= 11 is 1.55. The lowest BCUT2D eigenvalue weighted by molar-refractivity contribution is -0.142. The quantitative estimate of drug-likeness (QED) is 0.646. The second kappa shape index (κ2) is 5.07. The summed E-state index contributed by atoms with van der Waals surface area (Å²) in [6.45, 7) is 5.79. The van der Waals surface area contributed by atoms with Crippen LogP contribution in [0.4, 0.5) is 0 Å². The van der Waals surface area contributed by atoms with Gasteiger partial charge in [-0.25, -0.2) is 9.78 Å². The number of carboxylic acids is 1. The van der Waals surface area contributed by atoms with Crippen LogP contribution in [0.1, 0.15) is 31.5 Å². The minimum Gasteiger partial charge on any atom is -0.479 e. The molecule has 0 saturated heterocycles. The molecule has 0 amide bonds. The van der Waals surface area contributed by atoms with Crippen molar-refractivity contribution in [3.63, 3.8) is 0 Å². The van der Waals surface area contributed by atoms with E-state index in [1.165, 1.54) is 6.21 Å². The van der Waals surface area contributed by atoms with Gasteiger partial charge in [0.25, 0.3) is 0 Å². The molecule has 0 aliphatic heterocycles. The van der Waals surface area contributed by atoms with Crippen molar-refractivity contribution in [2.75, 3.05) is 6.61 Å². The normalized spacial score (nSPS) is 11.9.